The van der Waals surface area contributed by atoms with Crippen molar-refractivity contribution < 1.29 is 9.72 Å². The summed E-state index contributed by atoms with van der Waals surface area (Å²) < 4.78 is 1.29. The largest absolute Gasteiger partial charge is 0.377 e. The van der Waals surface area contributed by atoms with Crippen LogP contribution in [0.4, 0.5) is 11.4 Å². The Labute approximate surface area is 187 Å². The molecule has 31 heavy (non-hydrogen) atoms. The Hall–Kier alpha value is -3.36. The van der Waals surface area contributed by atoms with Crippen LogP contribution in [0.25, 0.3) is 0 Å². The number of nitrogens with one attached hydrogen (secondary N) is 2. The predicted molar refractivity (Wildman–Crippen MR) is 119 cm³/mol. The van der Waals surface area contributed by atoms with Crippen molar-refractivity contribution in [2.45, 2.75) is 19.6 Å². The molecule has 1 heterocycles. The number of carbonyl (C=O) groups is 1. The fraction of sp³-hybridized carbons (Fsp3) is 0.143. The molecule has 2 N–H and O–H groups in total. The van der Waals surface area contributed by atoms with Crippen LogP contribution in [0.15, 0.2) is 65.6 Å². The molecule has 160 valence electrons. The van der Waals surface area contributed by atoms with E-state index in [9.17, 15) is 19.7 Å². The molecule has 0 aliphatic heterocycles. The molecular formula is C21H18Cl2N4O4. The van der Waals surface area contributed by atoms with Crippen molar-refractivity contribution in [1.29, 1.82) is 0 Å². The van der Waals surface area contributed by atoms with Crippen LogP contribution in [0.3, 0.4) is 0 Å². The first-order chi connectivity index (χ1) is 14.8. The lowest BCUT2D eigenvalue weighted by Gasteiger charge is -2.11. The number of aromatic nitrogens is 1. The topological polar surface area (TPSA) is 106 Å². The average molecular weight is 461 g/mol. The van der Waals surface area contributed by atoms with Crippen LogP contribution in [-0.4, -0.2) is 15.4 Å². The molecule has 1 aromatic heterocycles. The number of nitrogens with zero attached hydrogens (tertiary/aromatic N) is 2. The molecule has 3 rings (SSSR count). The molecule has 3 aromatic rings. The van der Waals surface area contributed by atoms with Gasteiger partial charge in [0.05, 0.1) is 15.0 Å². The first-order valence-corrected chi connectivity index (χ1v) is 9.96. The molecule has 0 spiro atoms. The van der Waals surface area contributed by atoms with Crippen LogP contribution in [0.1, 0.15) is 11.1 Å². The molecular weight excluding hydrogens is 443 g/mol. The maximum atomic E-state index is 12.6. The van der Waals surface area contributed by atoms with Crippen molar-refractivity contribution in [2.75, 3.05) is 5.32 Å². The van der Waals surface area contributed by atoms with E-state index in [1.807, 2.05) is 0 Å². The number of hydrogen-bond acceptors (Lipinski definition) is 5. The van der Waals surface area contributed by atoms with Crippen LogP contribution in [-0.2, 0) is 24.4 Å². The molecule has 0 saturated heterocycles. The third-order valence-electron chi connectivity index (χ3n) is 4.44. The number of hydrogen-bond donors (Lipinski definition) is 2. The smallest absolute Gasteiger partial charge is 0.274 e. The lowest BCUT2D eigenvalue weighted by Crippen LogP contribution is -2.32. The van der Waals surface area contributed by atoms with Crippen molar-refractivity contribution in [3.8, 4) is 0 Å². The van der Waals surface area contributed by atoms with Gasteiger partial charge < -0.3 is 15.2 Å². The maximum absolute atomic E-state index is 12.6. The minimum absolute atomic E-state index is 0.00213. The molecule has 8 nitrogen and oxygen atoms in total. The van der Waals surface area contributed by atoms with E-state index in [0.29, 0.717) is 22.3 Å². The highest BCUT2D eigenvalue weighted by atomic mass is 35.5. The first kappa shape index (κ1) is 22.3. The van der Waals surface area contributed by atoms with Gasteiger partial charge >= 0.3 is 0 Å². The summed E-state index contributed by atoms with van der Waals surface area (Å²) in [6.07, 6.45) is 1.53. The van der Waals surface area contributed by atoms with Gasteiger partial charge in [-0.3, -0.25) is 19.7 Å². The summed E-state index contributed by atoms with van der Waals surface area (Å²) in [7, 11) is 0. The number of nitro benzene ring substituents is 1. The van der Waals surface area contributed by atoms with E-state index in [4.69, 9.17) is 23.2 Å². The third-order valence-corrected chi connectivity index (χ3v) is 5.18. The number of non-ortho nitro benzene ring substituents is 1. The number of pyridine rings is 1. The quantitative estimate of drug-likeness (QED) is 0.390. The second kappa shape index (κ2) is 10.1. The molecule has 1 amide bonds. The van der Waals surface area contributed by atoms with Gasteiger partial charge in [-0.05, 0) is 35.4 Å². The van der Waals surface area contributed by atoms with E-state index >= 15 is 0 Å². The summed E-state index contributed by atoms with van der Waals surface area (Å²) in [4.78, 5) is 35.1. The molecule has 10 heteroatoms. The van der Waals surface area contributed by atoms with Gasteiger partial charge in [0.2, 0.25) is 5.91 Å². The zero-order valence-corrected chi connectivity index (χ0v) is 17.7. The minimum atomic E-state index is -0.473. The molecule has 0 fully saturated rings. The Morgan fingerprint density at radius 2 is 1.71 bits per heavy atom. The van der Waals surface area contributed by atoms with Crippen LogP contribution in [0.5, 0.6) is 0 Å². The normalized spacial score (nSPS) is 10.5. The number of rotatable bonds is 8. The molecule has 0 bridgehead atoms. The van der Waals surface area contributed by atoms with E-state index in [0.717, 1.165) is 11.1 Å². The fourth-order valence-corrected chi connectivity index (χ4v) is 3.11. The van der Waals surface area contributed by atoms with E-state index in [1.165, 1.54) is 22.9 Å². The Balaban J connectivity index is 1.59. The molecule has 2 aromatic carbocycles. The van der Waals surface area contributed by atoms with Crippen LogP contribution in [0, 0.1) is 10.1 Å². The monoisotopic (exact) mass is 460 g/mol. The van der Waals surface area contributed by atoms with Gasteiger partial charge in [0.1, 0.15) is 12.2 Å². The lowest BCUT2D eigenvalue weighted by atomic mass is 10.2. The van der Waals surface area contributed by atoms with Gasteiger partial charge in [0.15, 0.2) is 0 Å². The summed E-state index contributed by atoms with van der Waals surface area (Å²) in [5, 5.41) is 17.3. The van der Waals surface area contributed by atoms with Gasteiger partial charge in [0.25, 0.3) is 11.2 Å². The number of carbonyl (C=O) groups excluding carboxylic acids is 1. The Morgan fingerprint density at radius 1 is 1.00 bits per heavy atom. The third kappa shape index (κ3) is 6.07. The summed E-state index contributed by atoms with van der Waals surface area (Å²) in [5.41, 5.74) is 1.53. The SMILES string of the molecule is O=C(Cn1cccc(NCc2ccc([N+](=O)[O-])cc2)c1=O)NCc1ccc(Cl)c(Cl)c1. The van der Waals surface area contributed by atoms with E-state index in [-0.39, 0.29) is 30.2 Å². The van der Waals surface area contributed by atoms with Crippen LogP contribution >= 0.6 is 23.2 Å². The van der Waals surface area contributed by atoms with Crippen molar-refractivity contribution in [2.24, 2.45) is 0 Å². The summed E-state index contributed by atoms with van der Waals surface area (Å²) in [5.74, 6) is -0.333. The van der Waals surface area contributed by atoms with E-state index < -0.39 is 4.92 Å². The van der Waals surface area contributed by atoms with E-state index in [2.05, 4.69) is 10.6 Å². The number of halogens is 2. The van der Waals surface area contributed by atoms with Crippen molar-refractivity contribution in [3.63, 3.8) is 0 Å². The van der Waals surface area contributed by atoms with Crippen molar-refractivity contribution in [3.05, 3.63) is 102 Å². The van der Waals surface area contributed by atoms with Crippen molar-refractivity contribution >= 4 is 40.5 Å². The summed E-state index contributed by atoms with van der Waals surface area (Å²) >= 11 is 11.8. The van der Waals surface area contributed by atoms with Gasteiger partial charge in [-0.2, -0.15) is 0 Å². The zero-order valence-electron chi connectivity index (χ0n) is 16.2. The Morgan fingerprint density at radius 3 is 2.39 bits per heavy atom. The predicted octanol–water partition coefficient (Wildman–Crippen LogP) is 3.99. The van der Waals surface area contributed by atoms with E-state index in [1.54, 1.807) is 42.5 Å². The standard InChI is InChI=1S/C21H18Cl2N4O4/c22-17-8-5-15(10-18(17)23)12-25-20(28)13-26-9-1-2-19(21(26)29)24-11-14-3-6-16(7-4-14)27(30)31/h1-10,24H,11-13H2,(H,25,28). The van der Waals surface area contributed by atoms with Crippen molar-refractivity contribution in [1.82, 2.24) is 9.88 Å². The zero-order chi connectivity index (χ0) is 22.4. The molecule has 0 aliphatic carbocycles. The van der Waals surface area contributed by atoms with Gasteiger partial charge in [-0.15, -0.1) is 0 Å². The fourth-order valence-electron chi connectivity index (χ4n) is 2.79. The highest BCUT2D eigenvalue weighted by Gasteiger charge is 2.09. The second-order valence-corrected chi connectivity index (χ2v) is 7.47. The number of nitro groups is 1. The molecule has 0 saturated carbocycles. The molecule has 0 radical (unpaired) electrons. The van der Waals surface area contributed by atoms with Crippen LogP contribution in [0.2, 0.25) is 10.0 Å². The average Bonchev–Trinajstić information content (AvgIpc) is 2.75. The first-order valence-electron chi connectivity index (χ1n) is 9.21. The maximum Gasteiger partial charge on any atom is 0.274 e. The molecule has 0 unspecified atom stereocenters. The summed E-state index contributed by atoms with van der Waals surface area (Å²) in [6, 6.07) is 14.4. The van der Waals surface area contributed by atoms with Gasteiger partial charge in [-0.25, -0.2) is 0 Å². The molecule has 0 atom stereocenters. The highest BCUT2D eigenvalue weighted by molar-refractivity contribution is 6.42. The Bertz CT molecular complexity index is 1160. The number of benzene rings is 2. The minimum Gasteiger partial charge on any atom is -0.377 e. The number of anilines is 1. The lowest BCUT2D eigenvalue weighted by molar-refractivity contribution is -0.384. The molecule has 0 aliphatic rings. The van der Waals surface area contributed by atoms with Gasteiger partial charge in [0, 0.05) is 31.4 Å². The Kier molecular flexibility index (Phi) is 7.28. The van der Waals surface area contributed by atoms with Crippen LogP contribution < -0.4 is 16.2 Å². The second-order valence-electron chi connectivity index (χ2n) is 6.66. The summed E-state index contributed by atoms with van der Waals surface area (Å²) in [6.45, 7) is 0.413. The highest BCUT2D eigenvalue weighted by Crippen LogP contribution is 2.22. The van der Waals surface area contributed by atoms with Gasteiger partial charge in [-0.1, -0.05) is 41.4 Å². The number of amides is 1.